The Balaban J connectivity index is 1.91. The van der Waals surface area contributed by atoms with Gasteiger partial charge in [0.15, 0.2) is 6.61 Å². The lowest BCUT2D eigenvalue weighted by Crippen LogP contribution is -2.22. The molecule has 6 nitrogen and oxygen atoms in total. The van der Waals surface area contributed by atoms with Gasteiger partial charge in [-0.3, -0.25) is 9.59 Å². The summed E-state index contributed by atoms with van der Waals surface area (Å²) in [7, 11) is 3.34. The molecule has 0 heterocycles. The second-order valence-corrected chi connectivity index (χ2v) is 6.45. The van der Waals surface area contributed by atoms with Gasteiger partial charge in [-0.25, -0.2) is 4.79 Å². The number of anilines is 1. The van der Waals surface area contributed by atoms with E-state index in [-0.39, 0.29) is 12.5 Å². The molecule has 2 rings (SSSR count). The molecular formula is C19H20N2O4S. The highest BCUT2D eigenvalue weighted by atomic mass is 32.2. The summed E-state index contributed by atoms with van der Waals surface area (Å²) in [6.45, 7) is -0.389. The number of esters is 1. The first-order valence-corrected chi connectivity index (χ1v) is 9.06. The first kappa shape index (κ1) is 19.5. The molecule has 0 fully saturated rings. The van der Waals surface area contributed by atoms with E-state index in [1.54, 1.807) is 50.5 Å². The molecule has 2 aromatic rings. The van der Waals surface area contributed by atoms with Crippen LogP contribution in [0.5, 0.6) is 0 Å². The highest BCUT2D eigenvalue weighted by Gasteiger charge is 2.14. The molecule has 0 aromatic heterocycles. The largest absolute Gasteiger partial charge is 0.452 e. The third-order valence-electron chi connectivity index (χ3n) is 3.48. The van der Waals surface area contributed by atoms with E-state index in [9.17, 15) is 14.4 Å². The van der Waals surface area contributed by atoms with Crippen molar-refractivity contribution in [2.75, 3.05) is 32.3 Å². The minimum Gasteiger partial charge on any atom is -0.452 e. The molecule has 0 saturated heterocycles. The van der Waals surface area contributed by atoms with E-state index in [1.165, 1.54) is 16.7 Å². The van der Waals surface area contributed by atoms with E-state index in [4.69, 9.17) is 4.74 Å². The summed E-state index contributed by atoms with van der Waals surface area (Å²) >= 11 is 1.43. The fraction of sp³-hybridized carbons (Fsp3) is 0.211. The maximum absolute atomic E-state index is 12.1. The van der Waals surface area contributed by atoms with Crippen molar-refractivity contribution in [1.29, 1.82) is 0 Å². The summed E-state index contributed by atoms with van der Waals surface area (Å²) in [6.07, 6.45) is 1.86. The number of carbonyl (C=O) groups excluding carboxylic acids is 3. The van der Waals surface area contributed by atoms with Gasteiger partial charge in [0.2, 0.25) is 0 Å². The number of hydrogen-bond acceptors (Lipinski definition) is 5. The number of nitrogens with zero attached hydrogens (tertiary/aromatic N) is 1. The number of ether oxygens (including phenoxy) is 1. The molecule has 0 aliphatic heterocycles. The lowest BCUT2D eigenvalue weighted by Gasteiger charge is -2.11. The number of nitrogens with one attached hydrogen (secondary N) is 1. The van der Waals surface area contributed by atoms with Crippen LogP contribution in [-0.4, -0.2) is 49.6 Å². The Bertz CT molecular complexity index is 803. The van der Waals surface area contributed by atoms with Gasteiger partial charge in [-0.2, -0.15) is 0 Å². The van der Waals surface area contributed by atoms with E-state index in [1.807, 2.05) is 18.4 Å². The fourth-order valence-electron chi connectivity index (χ4n) is 2.17. The first-order valence-electron chi connectivity index (χ1n) is 7.84. The Morgan fingerprint density at radius 2 is 1.69 bits per heavy atom. The second-order valence-electron chi connectivity index (χ2n) is 5.60. The number of hydrogen-bond donors (Lipinski definition) is 1. The summed E-state index contributed by atoms with van der Waals surface area (Å²) in [6, 6.07) is 13.5. The molecule has 0 spiro atoms. The van der Waals surface area contributed by atoms with E-state index < -0.39 is 11.9 Å². The molecule has 26 heavy (non-hydrogen) atoms. The SMILES string of the molecule is CSc1ccccc1C(=O)OCC(=O)Nc1ccc(C(=O)N(C)C)cc1. The van der Waals surface area contributed by atoms with Gasteiger partial charge in [-0.05, 0) is 42.7 Å². The van der Waals surface area contributed by atoms with Crippen molar-refractivity contribution in [3.05, 3.63) is 59.7 Å². The molecule has 0 radical (unpaired) electrons. The standard InChI is InChI=1S/C19H20N2O4S/c1-21(2)18(23)13-8-10-14(11-9-13)20-17(22)12-25-19(24)15-6-4-5-7-16(15)26-3/h4-11H,12H2,1-3H3,(H,20,22). The quantitative estimate of drug-likeness (QED) is 0.623. The molecule has 0 atom stereocenters. The lowest BCUT2D eigenvalue weighted by molar-refractivity contribution is -0.119. The maximum Gasteiger partial charge on any atom is 0.339 e. The first-order chi connectivity index (χ1) is 12.4. The number of benzene rings is 2. The molecule has 2 amide bonds. The third kappa shape index (κ3) is 5.10. The molecule has 1 N–H and O–H groups in total. The van der Waals surface area contributed by atoms with Crippen molar-refractivity contribution in [3.63, 3.8) is 0 Å². The van der Waals surface area contributed by atoms with Gasteiger partial charge in [0, 0.05) is 30.2 Å². The average molecular weight is 372 g/mol. The van der Waals surface area contributed by atoms with E-state index >= 15 is 0 Å². The topological polar surface area (TPSA) is 75.7 Å². The minimum absolute atomic E-state index is 0.121. The minimum atomic E-state index is -0.544. The summed E-state index contributed by atoms with van der Waals surface area (Å²) < 4.78 is 5.07. The van der Waals surface area contributed by atoms with Crippen LogP contribution < -0.4 is 5.32 Å². The monoisotopic (exact) mass is 372 g/mol. The number of carbonyl (C=O) groups is 3. The number of rotatable bonds is 6. The van der Waals surface area contributed by atoms with Crippen LogP contribution in [-0.2, 0) is 9.53 Å². The number of thioether (sulfide) groups is 1. The van der Waals surface area contributed by atoms with Gasteiger partial charge in [-0.1, -0.05) is 12.1 Å². The smallest absolute Gasteiger partial charge is 0.339 e. The number of amides is 2. The van der Waals surface area contributed by atoms with Crippen LogP contribution in [0.2, 0.25) is 0 Å². The van der Waals surface area contributed by atoms with Crippen molar-refractivity contribution >= 4 is 35.2 Å². The van der Waals surface area contributed by atoms with E-state index in [0.717, 1.165) is 4.90 Å². The maximum atomic E-state index is 12.1. The Kier molecular flexibility index (Phi) is 6.80. The molecule has 2 aromatic carbocycles. The zero-order chi connectivity index (χ0) is 19.1. The van der Waals surface area contributed by atoms with Crippen molar-refractivity contribution < 1.29 is 19.1 Å². The highest BCUT2D eigenvalue weighted by Crippen LogP contribution is 2.20. The predicted molar refractivity (Wildman–Crippen MR) is 102 cm³/mol. The van der Waals surface area contributed by atoms with E-state index in [0.29, 0.717) is 16.8 Å². The van der Waals surface area contributed by atoms with Crippen LogP contribution >= 0.6 is 11.8 Å². The highest BCUT2D eigenvalue weighted by molar-refractivity contribution is 7.98. The van der Waals surface area contributed by atoms with Crippen LogP contribution in [0.15, 0.2) is 53.4 Å². The Hall–Kier alpha value is -2.80. The van der Waals surface area contributed by atoms with Crippen LogP contribution in [0.3, 0.4) is 0 Å². The Morgan fingerprint density at radius 3 is 2.31 bits per heavy atom. The summed E-state index contributed by atoms with van der Waals surface area (Å²) in [5.74, 6) is -1.12. The lowest BCUT2D eigenvalue weighted by atomic mass is 10.2. The molecule has 0 bridgehead atoms. The van der Waals surface area contributed by atoms with Gasteiger partial charge < -0.3 is 15.0 Å². The average Bonchev–Trinajstić information content (AvgIpc) is 2.66. The van der Waals surface area contributed by atoms with Gasteiger partial charge in [0.05, 0.1) is 5.56 Å². The second kappa shape index (κ2) is 9.05. The van der Waals surface area contributed by atoms with Gasteiger partial charge >= 0.3 is 5.97 Å². The molecule has 0 unspecified atom stereocenters. The Labute approximate surface area is 156 Å². The Morgan fingerprint density at radius 1 is 1.04 bits per heavy atom. The zero-order valence-electron chi connectivity index (χ0n) is 14.8. The molecular weight excluding hydrogens is 352 g/mol. The molecule has 7 heteroatoms. The zero-order valence-corrected chi connectivity index (χ0v) is 15.6. The van der Waals surface area contributed by atoms with Crippen LogP contribution in [0.1, 0.15) is 20.7 Å². The molecule has 0 aliphatic carbocycles. The van der Waals surface area contributed by atoms with Crippen molar-refractivity contribution in [2.24, 2.45) is 0 Å². The van der Waals surface area contributed by atoms with Crippen LogP contribution in [0, 0.1) is 0 Å². The summed E-state index contributed by atoms with van der Waals surface area (Å²) in [5.41, 5.74) is 1.47. The van der Waals surface area contributed by atoms with Crippen molar-refractivity contribution in [3.8, 4) is 0 Å². The third-order valence-corrected chi connectivity index (χ3v) is 4.28. The van der Waals surface area contributed by atoms with Gasteiger partial charge in [0.1, 0.15) is 0 Å². The normalized spacial score (nSPS) is 10.1. The molecule has 0 saturated carbocycles. The van der Waals surface area contributed by atoms with Gasteiger partial charge in [0.25, 0.3) is 11.8 Å². The van der Waals surface area contributed by atoms with Crippen LogP contribution in [0.4, 0.5) is 5.69 Å². The van der Waals surface area contributed by atoms with Crippen molar-refractivity contribution in [1.82, 2.24) is 4.90 Å². The van der Waals surface area contributed by atoms with Gasteiger partial charge in [-0.15, -0.1) is 11.8 Å². The molecule has 0 aliphatic rings. The van der Waals surface area contributed by atoms with Crippen LogP contribution in [0.25, 0.3) is 0 Å². The summed E-state index contributed by atoms with van der Waals surface area (Å²) in [4.78, 5) is 38.2. The summed E-state index contributed by atoms with van der Waals surface area (Å²) in [5, 5.41) is 2.63. The van der Waals surface area contributed by atoms with Crippen molar-refractivity contribution in [2.45, 2.75) is 4.90 Å². The molecule has 136 valence electrons. The predicted octanol–water partition coefficient (Wildman–Crippen LogP) is 2.91. The van der Waals surface area contributed by atoms with E-state index in [2.05, 4.69) is 5.32 Å². The fourth-order valence-corrected chi connectivity index (χ4v) is 2.76.